The van der Waals surface area contributed by atoms with E-state index in [1.807, 2.05) is 31.2 Å². The number of nitrogens with zero attached hydrogens (tertiary/aromatic N) is 2. The van der Waals surface area contributed by atoms with Crippen LogP contribution in [0.15, 0.2) is 48.5 Å². The fourth-order valence-corrected chi connectivity index (χ4v) is 3.40. The van der Waals surface area contributed by atoms with Crippen LogP contribution in [0.25, 0.3) is 0 Å². The molecule has 2 amide bonds. The van der Waals surface area contributed by atoms with E-state index in [0.29, 0.717) is 0 Å². The van der Waals surface area contributed by atoms with Crippen LogP contribution in [0.5, 0.6) is 0 Å². The zero-order chi connectivity index (χ0) is 20.6. The third-order valence-electron chi connectivity index (χ3n) is 5.05. The fourth-order valence-electron chi connectivity index (χ4n) is 3.40. The maximum atomic E-state index is 13.0. The van der Waals surface area contributed by atoms with E-state index in [2.05, 4.69) is 20.4 Å². The van der Waals surface area contributed by atoms with Crippen LogP contribution in [0.2, 0.25) is 0 Å². The summed E-state index contributed by atoms with van der Waals surface area (Å²) in [5.74, 6) is -0.647. The van der Waals surface area contributed by atoms with Gasteiger partial charge in [0.15, 0.2) is 0 Å². The molecule has 2 aromatic carbocycles. The maximum absolute atomic E-state index is 13.0. The van der Waals surface area contributed by atoms with Gasteiger partial charge in [-0.3, -0.25) is 14.5 Å². The van der Waals surface area contributed by atoms with Crippen LogP contribution in [0.1, 0.15) is 12.5 Å². The van der Waals surface area contributed by atoms with Gasteiger partial charge in [-0.1, -0.05) is 25.1 Å². The summed E-state index contributed by atoms with van der Waals surface area (Å²) in [7, 11) is 0. The zero-order valence-electron chi connectivity index (χ0n) is 16.7. The normalized spacial score (nSPS) is 14.5. The number of hydrogen-bond acceptors (Lipinski definition) is 4. The molecule has 0 radical (unpaired) electrons. The van der Waals surface area contributed by atoms with Crippen LogP contribution in [-0.4, -0.2) is 56.0 Å². The van der Waals surface area contributed by atoms with E-state index in [-0.39, 0.29) is 30.7 Å². The third-order valence-corrected chi connectivity index (χ3v) is 5.05. The van der Waals surface area contributed by atoms with Gasteiger partial charge in [-0.05, 0) is 42.3 Å². The van der Waals surface area contributed by atoms with Crippen LogP contribution < -0.4 is 15.5 Å². The van der Waals surface area contributed by atoms with Gasteiger partial charge in [-0.25, -0.2) is 4.39 Å². The topological polar surface area (TPSA) is 64.7 Å². The Bertz CT molecular complexity index is 833. The summed E-state index contributed by atoms with van der Waals surface area (Å²) in [5.41, 5.74) is 2.83. The quantitative estimate of drug-likeness (QED) is 0.751. The van der Waals surface area contributed by atoms with Gasteiger partial charge in [-0.15, -0.1) is 0 Å². The van der Waals surface area contributed by atoms with E-state index < -0.39 is 0 Å². The van der Waals surface area contributed by atoms with Gasteiger partial charge in [0.2, 0.25) is 11.8 Å². The minimum absolute atomic E-state index is 0.0492. The molecule has 29 heavy (non-hydrogen) atoms. The number of amides is 2. The number of hydrogen-bond donors (Lipinski definition) is 2. The Morgan fingerprint density at radius 2 is 1.66 bits per heavy atom. The van der Waals surface area contributed by atoms with Crippen molar-refractivity contribution in [3.05, 3.63) is 59.9 Å². The summed E-state index contributed by atoms with van der Waals surface area (Å²) in [6, 6.07) is 14.1. The van der Waals surface area contributed by atoms with Crippen molar-refractivity contribution in [3.8, 4) is 0 Å². The standard InChI is InChI=1S/C22H27FN4O2/c1-2-17-5-3-4-6-20(17)25-21(28)15-24-22(29)16-26-11-13-27(14-12-26)19-9-7-18(23)8-10-19/h3-10H,2,11-16H2,1H3,(H,24,29)(H,25,28). The lowest BCUT2D eigenvalue weighted by molar-refractivity contribution is -0.125. The Kier molecular flexibility index (Phi) is 7.19. The van der Waals surface area contributed by atoms with Gasteiger partial charge in [0, 0.05) is 37.6 Å². The van der Waals surface area contributed by atoms with Crippen molar-refractivity contribution in [2.45, 2.75) is 13.3 Å². The van der Waals surface area contributed by atoms with Gasteiger partial charge in [-0.2, -0.15) is 0 Å². The zero-order valence-corrected chi connectivity index (χ0v) is 16.7. The van der Waals surface area contributed by atoms with Gasteiger partial charge >= 0.3 is 0 Å². The molecule has 0 bridgehead atoms. The second-order valence-corrected chi connectivity index (χ2v) is 7.08. The molecular weight excluding hydrogens is 371 g/mol. The predicted molar refractivity (Wildman–Crippen MR) is 113 cm³/mol. The number of carbonyl (C=O) groups excluding carboxylic acids is 2. The molecule has 0 atom stereocenters. The van der Waals surface area contributed by atoms with Crippen molar-refractivity contribution >= 4 is 23.2 Å². The Hall–Kier alpha value is -2.93. The molecule has 0 saturated carbocycles. The number of benzene rings is 2. The molecular formula is C22H27FN4O2. The molecule has 2 aromatic rings. The summed E-state index contributed by atoms with van der Waals surface area (Å²) < 4.78 is 13.0. The summed E-state index contributed by atoms with van der Waals surface area (Å²) >= 11 is 0. The van der Waals surface area contributed by atoms with Crippen LogP contribution in [0.4, 0.5) is 15.8 Å². The molecule has 0 aliphatic carbocycles. The monoisotopic (exact) mass is 398 g/mol. The molecule has 2 N–H and O–H groups in total. The molecule has 1 saturated heterocycles. The molecule has 0 aromatic heterocycles. The van der Waals surface area contributed by atoms with Crippen LogP contribution in [0.3, 0.4) is 0 Å². The van der Waals surface area contributed by atoms with E-state index in [1.165, 1.54) is 12.1 Å². The van der Waals surface area contributed by atoms with E-state index in [9.17, 15) is 14.0 Å². The molecule has 1 aliphatic heterocycles. The minimum atomic E-state index is -0.244. The molecule has 1 fully saturated rings. The lowest BCUT2D eigenvalue weighted by Crippen LogP contribution is -2.50. The number of rotatable bonds is 7. The Balaban J connectivity index is 1.39. The highest BCUT2D eigenvalue weighted by Crippen LogP contribution is 2.17. The lowest BCUT2D eigenvalue weighted by atomic mass is 10.1. The van der Waals surface area contributed by atoms with Crippen molar-refractivity contribution < 1.29 is 14.0 Å². The van der Waals surface area contributed by atoms with E-state index in [0.717, 1.165) is 49.5 Å². The van der Waals surface area contributed by atoms with Crippen molar-refractivity contribution in [1.29, 1.82) is 0 Å². The van der Waals surface area contributed by atoms with E-state index >= 15 is 0 Å². The Morgan fingerprint density at radius 1 is 0.966 bits per heavy atom. The van der Waals surface area contributed by atoms with E-state index in [4.69, 9.17) is 0 Å². The smallest absolute Gasteiger partial charge is 0.243 e. The third kappa shape index (κ3) is 6.02. The molecule has 6 nitrogen and oxygen atoms in total. The molecule has 1 aliphatic rings. The SMILES string of the molecule is CCc1ccccc1NC(=O)CNC(=O)CN1CCN(c2ccc(F)cc2)CC1. The number of halogens is 1. The average Bonchev–Trinajstić information content (AvgIpc) is 2.74. The summed E-state index contributed by atoms with van der Waals surface area (Å²) in [6.45, 7) is 5.26. The first-order valence-corrected chi connectivity index (χ1v) is 9.92. The van der Waals surface area contributed by atoms with Crippen molar-refractivity contribution in [3.63, 3.8) is 0 Å². The minimum Gasteiger partial charge on any atom is -0.369 e. The number of para-hydroxylation sites is 1. The van der Waals surface area contributed by atoms with Gasteiger partial charge < -0.3 is 15.5 Å². The van der Waals surface area contributed by atoms with E-state index in [1.54, 1.807) is 12.1 Å². The van der Waals surface area contributed by atoms with Crippen molar-refractivity contribution in [2.75, 3.05) is 49.5 Å². The number of anilines is 2. The molecule has 154 valence electrons. The van der Waals surface area contributed by atoms with Crippen molar-refractivity contribution in [2.24, 2.45) is 0 Å². The Labute approximate surface area is 170 Å². The van der Waals surface area contributed by atoms with Gasteiger partial charge in [0.05, 0.1) is 13.1 Å². The second kappa shape index (κ2) is 10.0. The number of aryl methyl sites for hydroxylation is 1. The molecule has 0 unspecified atom stereocenters. The fraction of sp³-hybridized carbons (Fsp3) is 0.364. The highest BCUT2D eigenvalue weighted by molar-refractivity contribution is 5.95. The summed E-state index contributed by atoms with van der Waals surface area (Å²) in [6.07, 6.45) is 0.826. The maximum Gasteiger partial charge on any atom is 0.243 e. The Morgan fingerprint density at radius 3 is 2.34 bits per heavy atom. The van der Waals surface area contributed by atoms with Gasteiger partial charge in [0.25, 0.3) is 0 Å². The van der Waals surface area contributed by atoms with Crippen molar-refractivity contribution in [1.82, 2.24) is 10.2 Å². The number of carbonyl (C=O) groups is 2. The average molecular weight is 398 g/mol. The lowest BCUT2D eigenvalue weighted by Gasteiger charge is -2.35. The molecule has 3 rings (SSSR count). The molecule has 7 heteroatoms. The molecule has 0 spiro atoms. The number of nitrogens with one attached hydrogen (secondary N) is 2. The van der Waals surface area contributed by atoms with Crippen LogP contribution in [0, 0.1) is 5.82 Å². The largest absolute Gasteiger partial charge is 0.369 e. The summed E-state index contributed by atoms with van der Waals surface area (Å²) in [4.78, 5) is 28.5. The van der Waals surface area contributed by atoms with Crippen LogP contribution >= 0.6 is 0 Å². The molecule has 1 heterocycles. The summed E-state index contributed by atoms with van der Waals surface area (Å²) in [5, 5.41) is 5.54. The predicted octanol–water partition coefficient (Wildman–Crippen LogP) is 2.26. The second-order valence-electron chi connectivity index (χ2n) is 7.08. The highest BCUT2D eigenvalue weighted by Gasteiger charge is 2.19. The first-order valence-electron chi connectivity index (χ1n) is 9.92. The first kappa shape index (κ1) is 20.8. The van der Waals surface area contributed by atoms with Gasteiger partial charge in [0.1, 0.15) is 5.82 Å². The highest BCUT2D eigenvalue weighted by atomic mass is 19.1. The van der Waals surface area contributed by atoms with Crippen LogP contribution in [-0.2, 0) is 16.0 Å². The number of piperazine rings is 1. The first-order chi connectivity index (χ1) is 14.0.